The van der Waals surface area contributed by atoms with Crippen LogP contribution in [0.15, 0.2) is 18.2 Å². The van der Waals surface area contributed by atoms with Crippen LogP contribution in [0.25, 0.3) is 0 Å². The molecular formula is C18H25N3O4. The highest BCUT2D eigenvalue weighted by atomic mass is 16.5. The van der Waals surface area contributed by atoms with Crippen molar-refractivity contribution in [1.29, 1.82) is 0 Å². The number of benzene rings is 1. The van der Waals surface area contributed by atoms with E-state index in [1.165, 1.54) is 0 Å². The number of carbonyl (C=O) groups excluding carboxylic acids is 2. The van der Waals surface area contributed by atoms with Crippen LogP contribution in [0, 0.1) is 11.3 Å². The summed E-state index contributed by atoms with van der Waals surface area (Å²) in [6.45, 7) is 1.55. The van der Waals surface area contributed by atoms with Gasteiger partial charge in [-0.2, -0.15) is 0 Å². The summed E-state index contributed by atoms with van der Waals surface area (Å²) in [5.41, 5.74) is 5.81. The number of anilines is 1. The second-order valence-corrected chi connectivity index (χ2v) is 6.89. The Labute approximate surface area is 147 Å². The molecule has 2 aliphatic rings. The molecule has 7 heteroatoms. The number of hydrogen-bond donors (Lipinski definition) is 2. The van der Waals surface area contributed by atoms with Crippen molar-refractivity contribution in [3.05, 3.63) is 18.2 Å². The number of nitrogens with zero attached hydrogens (tertiary/aromatic N) is 1. The molecule has 0 aromatic heterocycles. The molecule has 1 aliphatic heterocycles. The zero-order valence-electron chi connectivity index (χ0n) is 14.7. The Kier molecular flexibility index (Phi) is 4.85. The van der Waals surface area contributed by atoms with Crippen LogP contribution in [0.1, 0.15) is 19.3 Å². The van der Waals surface area contributed by atoms with Gasteiger partial charge >= 0.3 is 0 Å². The van der Waals surface area contributed by atoms with Gasteiger partial charge in [0.2, 0.25) is 11.8 Å². The number of likely N-dealkylation sites (tertiary alicyclic amines) is 1. The predicted molar refractivity (Wildman–Crippen MR) is 93.6 cm³/mol. The number of primary amides is 1. The largest absolute Gasteiger partial charge is 0.497 e. The number of ether oxygens (including phenoxy) is 2. The van der Waals surface area contributed by atoms with Crippen molar-refractivity contribution in [1.82, 2.24) is 4.90 Å². The Balaban J connectivity index is 1.63. The van der Waals surface area contributed by atoms with Gasteiger partial charge in [0.15, 0.2) is 0 Å². The molecular weight excluding hydrogens is 322 g/mol. The van der Waals surface area contributed by atoms with Crippen molar-refractivity contribution in [3.63, 3.8) is 0 Å². The number of nitrogens with two attached hydrogens (primary N) is 1. The molecule has 2 amide bonds. The van der Waals surface area contributed by atoms with E-state index in [0.29, 0.717) is 23.7 Å². The summed E-state index contributed by atoms with van der Waals surface area (Å²) in [5, 5.41) is 2.87. The van der Waals surface area contributed by atoms with Gasteiger partial charge in [0.1, 0.15) is 11.5 Å². The molecule has 1 saturated heterocycles. The number of methoxy groups -OCH3 is 2. The maximum Gasteiger partial charge on any atom is 0.238 e. The van der Waals surface area contributed by atoms with Crippen LogP contribution < -0.4 is 20.5 Å². The molecule has 1 saturated carbocycles. The molecule has 136 valence electrons. The van der Waals surface area contributed by atoms with Gasteiger partial charge in [0.05, 0.1) is 31.9 Å². The quantitative estimate of drug-likeness (QED) is 0.807. The predicted octanol–water partition coefficient (Wildman–Crippen LogP) is 1.23. The van der Waals surface area contributed by atoms with E-state index >= 15 is 0 Å². The molecule has 25 heavy (non-hydrogen) atoms. The maximum absolute atomic E-state index is 12.4. The number of rotatable bonds is 6. The SMILES string of the molecule is COc1ccc(NC(=O)CN2C[C@@H]3CCC[C@]3(C(N)=O)C2)c(OC)c1. The van der Waals surface area contributed by atoms with Crippen molar-refractivity contribution in [2.75, 3.05) is 39.2 Å². The third-order valence-electron chi connectivity index (χ3n) is 5.48. The van der Waals surface area contributed by atoms with Gasteiger partial charge in [-0.1, -0.05) is 6.42 Å². The Morgan fingerprint density at radius 3 is 2.80 bits per heavy atom. The van der Waals surface area contributed by atoms with Crippen LogP contribution in [0.2, 0.25) is 0 Å². The van der Waals surface area contributed by atoms with Crippen molar-refractivity contribution >= 4 is 17.5 Å². The summed E-state index contributed by atoms with van der Waals surface area (Å²) in [4.78, 5) is 26.4. The van der Waals surface area contributed by atoms with Crippen LogP contribution in [0.4, 0.5) is 5.69 Å². The second kappa shape index (κ2) is 6.92. The summed E-state index contributed by atoms with van der Waals surface area (Å²) in [6, 6.07) is 5.23. The number of amides is 2. The van der Waals surface area contributed by atoms with Crippen molar-refractivity contribution < 1.29 is 19.1 Å². The minimum atomic E-state index is -0.446. The van der Waals surface area contributed by atoms with E-state index in [1.807, 2.05) is 4.90 Å². The first-order valence-corrected chi connectivity index (χ1v) is 8.52. The fraction of sp³-hybridized carbons (Fsp3) is 0.556. The lowest BCUT2D eigenvalue weighted by molar-refractivity contribution is -0.128. The molecule has 0 bridgehead atoms. The van der Waals surface area contributed by atoms with Crippen LogP contribution in [-0.2, 0) is 9.59 Å². The van der Waals surface area contributed by atoms with Gasteiger partial charge in [0, 0.05) is 19.2 Å². The van der Waals surface area contributed by atoms with Gasteiger partial charge in [-0.15, -0.1) is 0 Å². The lowest BCUT2D eigenvalue weighted by Crippen LogP contribution is -2.41. The van der Waals surface area contributed by atoms with E-state index in [2.05, 4.69) is 5.32 Å². The highest BCUT2D eigenvalue weighted by molar-refractivity contribution is 5.94. The first kappa shape index (κ1) is 17.5. The van der Waals surface area contributed by atoms with E-state index < -0.39 is 5.41 Å². The first-order chi connectivity index (χ1) is 12.0. The Morgan fingerprint density at radius 1 is 1.36 bits per heavy atom. The lowest BCUT2D eigenvalue weighted by atomic mass is 9.80. The minimum Gasteiger partial charge on any atom is -0.497 e. The fourth-order valence-electron chi connectivity index (χ4n) is 4.21. The zero-order chi connectivity index (χ0) is 18.0. The molecule has 1 aliphatic carbocycles. The third kappa shape index (κ3) is 3.28. The van der Waals surface area contributed by atoms with E-state index in [0.717, 1.165) is 25.8 Å². The van der Waals surface area contributed by atoms with E-state index in [4.69, 9.17) is 15.2 Å². The normalized spacial score (nSPS) is 25.4. The molecule has 1 aromatic carbocycles. The summed E-state index contributed by atoms with van der Waals surface area (Å²) >= 11 is 0. The molecule has 2 fully saturated rings. The summed E-state index contributed by atoms with van der Waals surface area (Å²) in [5.74, 6) is 1.11. The Bertz CT molecular complexity index is 678. The van der Waals surface area contributed by atoms with E-state index in [9.17, 15) is 9.59 Å². The van der Waals surface area contributed by atoms with Gasteiger partial charge < -0.3 is 20.5 Å². The zero-order valence-corrected chi connectivity index (χ0v) is 14.7. The second-order valence-electron chi connectivity index (χ2n) is 6.89. The van der Waals surface area contributed by atoms with Gasteiger partial charge in [-0.05, 0) is 30.9 Å². The van der Waals surface area contributed by atoms with E-state index in [1.54, 1.807) is 32.4 Å². The topological polar surface area (TPSA) is 93.9 Å². The molecule has 1 heterocycles. The average Bonchev–Trinajstić information content (AvgIpc) is 3.13. The van der Waals surface area contributed by atoms with Crippen LogP contribution in [0.3, 0.4) is 0 Å². The number of fused-ring (bicyclic) bond motifs is 1. The number of hydrogen-bond acceptors (Lipinski definition) is 5. The minimum absolute atomic E-state index is 0.136. The van der Waals surface area contributed by atoms with Crippen molar-refractivity contribution in [2.45, 2.75) is 19.3 Å². The fourth-order valence-corrected chi connectivity index (χ4v) is 4.21. The maximum atomic E-state index is 12.4. The highest BCUT2D eigenvalue weighted by Crippen LogP contribution is 2.48. The standard InChI is InChI=1S/C18H25N3O4/c1-24-13-5-6-14(15(8-13)25-2)20-16(22)10-21-9-12-4-3-7-18(12,11-21)17(19)23/h5-6,8,12H,3-4,7,9-11H2,1-2H3,(H2,19,23)(H,20,22)/t12-,18-/m0/s1. The average molecular weight is 347 g/mol. The number of nitrogens with one attached hydrogen (secondary N) is 1. The highest BCUT2D eigenvalue weighted by Gasteiger charge is 2.53. The molecule has 3 rings (SSSR count). The molecule has 3 N–H and O–H groups in total. The molecule has 0 unspecified atom stereocenters. The van der Waals surface area contributed by atoms with Gasteiger partial charge in [-0.25, -0.2) is 0 Å². The smallest absolute Gasteiger partial charge is 0.238 e. The molecule has 0 radical (unpaired) electrons. The van der Waals surface area contributed by atoms with Gasteiger partial charge in [0.25, 0.3) is 0 Å². The molecule has 1 aromatic rings. The monoisotopic (exact) mass is 347 g/mol. The Hall–Kier alpha value is -2.28. The van der Waals surface area contributed by atoms with Crippen LogP contribution in [-0.4, -0.2) is 50.6 Å². The third-order valence-corrected chi connectivity index (χ3v) is 5.48. The molecule has 0 spiro atoms. The summed E-state index contributed by atoms with van der Waals surface area (Å²) in [6.07, 6.45) is 2.88. The molecule has 7 nitrogen and oxygen atoms in total. The van der Waals surface area contributed by atoms with E-state index in [-0.39, 0.29) is 24.3 Å². The van der Waals surface area contributed by atoms with Gasteiger partial charge in [-0.3, -0.25) is 14.5 Å². The summed E-state index contributed by atoms with van der Waals surface area (Å²) in [7, 11) is 3.12. The van der Waals surface area contributed by atoms with Crippen molar-refractivity contribution in [2.24, 2.45) is 17.1 Å². The summed E-state index contributed by atoms with van der Waals surface area (Å²) < 4.78 is 10.5. The van der Waals surface area contributed by atoms with Crippen LogP contribution in [0.5, 0.6) is 11.5 Å². The van der Waals surface area contributed by atoms with Crippen LogP contribution >= 0.6 is 0 Å². The molecule has 2 atom stereocenters. The first-order valence-electron chi connectivity index (χ1n) is 8.52. The lowest BCUT2D eigenvalue weighted by Gasteiger charge is -2.24. The Morgan fingerprint density at radius 2 is 2.16 bits per heavy atom. The number of carbonyl (C=O) groups is 2. The van der Waals surface area contributed by atoms with Crippen molar-refractivity contribution in [3.8, 4) is 11.5 Å².